The molecule has 1 heterocycles. The molecule has 2 amide bonds. The number of amides is 2. The van der Waals surface area contributed by atoms with Gasteiger partial charge in [0.2, 0.25) is 0 Å². The third-order valence-corrected chi connectivity index (χ3v) is 5.19. The molecule has 0 aromatic heterocycles. The summed E-state index contributed by atoms with van der Waals surface area (Å²) in [5, 5.41) is 3.65. The summed E-state index contributed by atoms with van der Waals surface area (Å²) in [6.07, 6.45) is 0.852. The highest BCUT2D eigenvalue weighted by molar-refractivity contribution is 7.99. The Kier molecular flexibility index (Phi) is 5.21. The van der Waals surface area contributed by atoms with E-state index in [0.29, 0.717) is 6.54 Å². The fraction of sp³-hybridized carbons (Fsp3) is 0.278. The number of para-hydroxylation sites is 1. The first-order valence-corrected chi connectivity index (χ1v) is 9.05. The predicted molar refractivity (Wildman–Crippen MR) is 101 cm³/mol. The van der Waals surface area contributed by atoms with Gasteiger partial charge in [0.1, 0.15) is 0 Å². The van der Waals surface area contributed by atoms with Crippen molar-refractivity contribution in [2.45, 2.75) is 16.2 Å². The van der Waals surface area contributed by atoms with E-state index in [1.165, 1.54) is 15.5 Å². The minimum atomic E-state index is -0.0620. The molecular weight excluding hydrogens is 342 g/mol. The van der Waals surface area contributed by atoms with Crippen molar-refractivity contribution in [2.75, 3.05) is 32.1 Å². The van der Waals surface area contributed by atoms with Gasteiger partial charge in [0, 0.05) is 42.0 Å². The van der Waals surface area contributed by atoms with Crippen LogP contribution in [0.25, 0.3) is 0 Å². The van der Waals surface area contributed by atoms with Crippen LogP contribution in [0.3, 0.4) is 0 Å². The number of benzene rings is 2. The molecule has 0 aliphatic carbocycles. The lowest BCUT2D eigenvalue weighted by Gasteiger charge is -2.33. The van der Waals surface area contributed by atoms with Crippen molar-refractivity contribution < 1.29 is 4.79 Å². The highest BCUT2D eigenvalue weighted by atomic mass is 35.5. The van der Waals surface area contributed by atoms with Crippen LogP contribution in [-0.2, 0) is 0 Å². The molecular formula is C18H20ClN3OS. The standard InChI is InChI=1S/C18H20ClN3OS/c1-21(2)18(23)20-10-5-11-22-14-6-3-4-7-16(14)24-17-9-8-13(19)12-15(17)22/h3-4,6-9,12H,5,10-11H2,1-2H3,(H,20,23). The third kappa shape index (κ3) is 3.62. The van der Waals surface area contributed by atoms with Crippen LogP contribution in [0, 0.1) is 0 Å². The van der Waals surface area contributed by atoms with Crippen molar-refractivity contribution >= 4 is 40.8 Å². The number of fused-ring (bicyclic) bond motifs is 2. The Labute approximate surface area is 151 Å². The molecule has 6 heteroatoms. The second-order valence-electron chi connectivity index (χ2n) is 5.81. The Morgan fingerprint density at radius 3 is 2.71 bits per heavy atom. The monoisotopic (exact) mass is 361 g/mol. The zero-order valence-corrected chi connectivity index (χ0v) is 15.3. The van der Waals surface area contributed by atoms with Gasteiger partial charge in [-0.2, -0.15) is 0 Å². The van der Waals surface area contributed by atoms with E-state index in [1.54, 1.807) is 30.8 Å². The van der Waals surface area contributed by atoms with Crippen molar-refractivity contribution in [1.82, 2.24) is 10.2 Å². The largest absolute Gasteiger partial charge is 0.340 e. The van der Waals surface area contributed by atoms with Gasteiger partial charge in [-0.1, -0.05) is 35.5 Å². The van der Waals surface area contributed by atoms with Crippen molar-refractivity contribution in [3.05, 3.63) is 47.5 Å². The van der Waals surface area contributed by atoms with E-state index in [-0.39, 0.29) is 6.03 Å². The molecule has 0 radical (unpaired) electrons. The SMILES string of the molecule is CN(C)C(=O)NCCCN1c2ccccc2Sc2ccc(Cl)cc21. The minimum Gasteiger partial charge on any atom is -0.340 e. The molecule has 0 fully saturated rings. The summed E-state index contributed by atoms with van der Waals surface area (Å²) in [6, 6.07) is 14.3. The number of nitrogens with one attached hydrogen (secondary N) is 1. The smallest absolute Gasteiger partial charge is 0.316 e. The fourth-order valence-electron chi connectivity index (χ4n) is 2.63. The summed E-state index contributed by atoms with van der Waals surface area (Å²) in [5.74, 6) is 0. The van der Waals surface area contributed by atoms with Gasteiger partial charge in [0.05, 0.1) is 11.4 Å². The summed E-state index contributed by atoms with van der Waals surface area (Å²) in [6.45, 7) is 1.46. The average Bonchev–Trinajstić information content (AvgIpc) is 2.57. The number of anilines is 2. The molecule has 0 spiro atoms. The zero-order valence-electron chi connectivity index (χ0n) is 13.8. The predicted octanol–water partition coefficient (Wildman–Crippen LogP) is 4.60. The zero-order chi connectivity index (χ0) is 17.1. The lowest BCUT2D eigenvalue weighted by Crippen LogP contribution is -2.36. The van der Waals surface area contributed by atoms with Crippen molar-refractivity contribution in [2.24, 2.45) is 0 Å². The molecule has 0 saturated heterocycles. The number of carbonyl (C=O) groups is 1. The van der Waals surface area contributed by atoms with E-state index < -0.39 is 0 Å². The Balaban J connectivity index is 1.77. The number of carbonyl (C=O) groups excluding carboxylic acids is 1. The van der Waals surface area contributed by atoms with E-state index in [9.17, 15) is 4.79 Å². The number of halogens is 1. The number of nitrogens with zero attached hydrogens (tertiary/aromatic N) is 2. The second kappa shape index (κ2) is 7.36. The van der Waals surface area contributed by atoms with Gasteiger partial charge in [-0.15, -0.1) is 0 Å². The molecule has 2 aromatic rings. The van der Waals surface area contributed by atoms with Crippen LogP contribution >= 0.6 is 23.4 Å². The van der Waals surface area contributed by atoms with E-state index in [1.807, 2.05) is 12.1 Å². The van der Waals surface area contributed by atoms with Crippen LogP contribution in [0.4, 0.5) is 16.2 Å². The summed E-state index contributed by atoms with van der Waals surface area (Å²) in [4.78, 5) is 17.9. The van der Waals surface area contributed by atoms with E-state index in [0.717, 1.165) is 23.7 Å². The molecule has 1 aliphatic rings. The van der Waals surface area contributed by atoms with Crippen molar-refractivity contribution in [3.63, 3.8) is 0 Å². The van der Waals surface area contributed by atoms with Gasteiger partial charge < -0.3 is 15.1 Å². The normalized spacial score (nSPS) is 12.4. The highest BCUT2D eigenvalue weighted by Gasteiger charge is 2.23. The highest BCUT2D eigenvalue weighted by Crippen LogP contribution is 2.48. The van der Waals surface area contributed by atoms with Crippen LogP contribution in [0.15, 0.2) is 52.3 Å². The Hall–Kier alpha value is -1.85. The van der Waals surface area contributed by atoms with Crippen LogP contribution in [0.5, 0.6) is 0 Å². The first kappa shape index (κ1) is 17.0. The molecule has 1 aliphatic heterocycles. The summed E-state index contributed by atoms with van der Waals surface area (Å²) in [5.41, 5.74) is 2.32. The Bertz CT molecular complexity index is 751. The van der Waals surface area contributed by atoms with Crippen molar-refractivity contribution in [3.8, 4) is 0 Å². The number of hydrogen-bond acceptors (Lipinski definition) is 3. The quantitative estimate of drug-likeness (QED) is 0.808. The van der Waals surface area contributed by atoms with Gasteiger partial charge in [-0.25, -0.2) is 4.79 Å². The van der Waals surface area contributed by atoms with Gasteiger partial charge in [0.25, 0.3) is 0 Å². The molecule has 24 heavy (non-hydrogen) atoms. The van der Waals surface area contributed by atoms with E-state index >= 15 is 0 Å². The van der Waals surface area contributed by atoms with Gasteiger partial charge in [0.15, 0.2) is 0 Å². The van der Waals surface area contributed by atoms with Crippen LogP contribution < -0.4 is 10.2 Å². The summed E-state index contributed by atoms with van der Waals surface area (Å²) < 4.78 is 0. The molecule has 0 bridgehead atoms. The summed E-state index contributed by atoms with van der Waals surface area (Å²) in [7, 11) is 3.48. The molecule has 2 aromatic carbocycles. The summed E-state index contributed by atoms with van der Waals surface area (Å²) >= 11 is 7.97. The maximum absolute atomic E-state index is 11.6. The topological polar surface area (TPSA) is 35.6 Å². The molecule has 3 rings (SSSR count). The van der Waals surface area contributed by atoms with Gasteiger partial charge in [-0.05, 0) is 36.8 Å². The molecule has 4 nitrogen and oxygen atoms in total. The van der Waals surface area contributed by atoms with Crippen LogP contribution in [0.2, 0.25) is 5.02 Å². The minimum absolute atomic E-state index is 0.0620. The fourth-order valence-corrected chi connectivity index (χ4v) is 3.88. The molecule has 126 valence electrons. The number of urea groups is 1. The lowest BCUT2D eigenvalue weighted by atomic mass is 10.2. The van der Waals surface area contributed by atoms with E-state index in [4.69, 9.17) is 11.6 Å². The van der Waals surface area contributed by atoms with E-state index in [2.05, 4.69) is 40.5 Å². The Morgan fingerprint density at radius 2 is 1.92 bits per heavy atom. The Morgan fingerprint density at radius 1 is 1.17 bits per heavy atom. The number of rotatable bonds is 4. The molecule has 1 N–H and O–H groups in total. The van der Waals surface area contributed by atoms with Gasteiger partial charge >= 0.3 is 6.03 Å². The van der Waals surface area contributed by atoms with Crippen LogP contribution in [-0.4, -0.2) is 38.1 Å². The maximum atomic E-state index is 11.6. The van der Waals surface area contributed by atoms with Crippen LogP contribution in [0.1, 0.15) is 6.42 Å². The average molecular weight is 362 g/mol. The first-order chi connectivity index (χ1) is 11.6. The third-order valence-electron chi connectivity index (χ3n) is 3.83. The second-order valence-corrected chi connectivity index (χ2v) is 7.33. The molecule has 0 unspecified atom stereocenters. The maximum Gasteiger partial charge on any atom is 0.316 e. The lowest BCUT2D eigenvalue weighted by molar-refractivity contribution is 0.217. The molecule has 0 saturated carbocycles. The van der Waals surface area contributed by atoms with Crippen molar-refractivity contribution in [1.29, 1.82) is 0 Å². The molecule has 0 atom stereocenters. The first-order valence-electron chi connectivity index (χ1n) is 7.85. The number of hydrogen-bond donors (Lipinski definition) is 1. The van der Waals surface area contributed by atoms with Gasteiger partial charge in [-0.3, -0.25) is 0 Å².